The van der Waals surface area contributed by atoms with E-state index in [2.05, 4.69) is 9.72 Å². The molecule has 1 aromatic heterocycles. The van der Waals surface area contributed by atoms with Crippen molar-refractivity contribution in [3.05, 3.63) is 17.7 Å². The zero-order valence-electron chi connectivity index (χ0n) is 20.5. The highest BCUT2D eigenvalue weighted by atomic mass is 16.5. The molecular weight excluding hydrogens is 204 g/mol. The molecule has 1 aliphatic rings. The van der Waals surface area contributed by atoms with Gasteiger partial charge >= 0.3 is 5.97 Å². The molecule has 16 heavy (non-hydrogen) atoms. The lowest BCUT2D eigenvalue weighted by molar-refractivity contribution is -0.141. The molecule has 0 aromatic carbocycles. The van der Waals surface area contributed by atoms with E-state index in [9.17, 15) is 4.79 Å². The Morgan fingerprint density at radius 1 is 2.00 bits per heavy atom. The van der Waals surface area contributed by atoms with E-state index in [4.69, 9.17) is 16.4 Å². The molecule has 1 saturated heterocycles. The number of hydrogen-bond acceptors (Lipinski definition) is 3. The van der Waals surface area contributed by atoms with Gasteiger partial charge in [-0.25, -0.2) is 4.98 Å². The molecule has 2 atom stereocenters. The van der Waals surface area contributed by atoms with Crippen molar-refractivity contribution >= 4 is 5.97 Å². The van der Waals surface area contributed by atoms with Gasteiger partial charge < -0.3 is 9.30 Å². The van der Waals surface area contributed by atoms with Crippen molar-refractivity contribution in [1.82, 2.24) is 9.55 Å². The SMILES string of the molecule is [2H]c1nc(C)n(C([2H])([2H])[2H])c1C([2H])([2H])[C@]1([2H])[C@H](CC([2H])([2H])[2H])C(=O)OC1([2H])[2H]. The number of aryl methyl sites for hydroxylation is 1. The largest absolute Gasteiger partial charge is 0.465 e. The van der Waals surface area contributed by atoms with E-state index < -0.39 is 62.8 Å². The number of carbonyl (C=O) groups is 1. The third-order valence-corrected chi connectivity index (χ3v) is 2.22. The third kappa shape index (κ3) is 1.84. The van der Waals surface area contributed by atoms with E-state index in [-0.39, 0.29) is 5.82 Å². The van der Waals surface area contributed by atoms with Crippen LogP contribution < -0.4 is 0 Å². The first-order valence-electron chi connectivity index (χ1n) is 10.6. The van der Waals surface area contributed by atoms with Gasteiger partial charge in [0.25, 0.3) is 0 Å². The van der Waals surface area contributed by atoms with Gasteiger partial charge in [0.1, 0.15) is 5.82 Å². The van der Waals surface area contributed by atoms with Crippen LogP contribution in [-0.4, -0.2) is 22.1 Å². The second-order valence-electron chi connectivity index (χ2n) is 3.27. The predicted octanol–water partition coefficient (Wildman–Crippen LogP) is 1.47. The van der Waals surface area contributed by atoms with E-state index in [1.807, 2.05) is 0 Å². The van der Waals surface area contributed by atoms with Gasteiger partial charge in [-0.05, 0) is 19.7 Å². The van der Waals surface area contributed by atoms with Crippen LogP contribution in [0.5, 0.6) is 0 Å². The van der Waals surface area contributed by atoms with Gasteiger partial charge in [-0.3, -0.25) is 4.79 Å². The molecule has 0 unspecified atom stereocenters. The molecular formula is C12H18N2O2. The van der Waals surface area contributed by atoms with Crippen molar-refractivity contribution in [2.75, 3.05) is 6.56 Å². The maximum atomic E-state index is 12.2. The van der Waals surface area contributed by atoms with Crippen molar-refractivity contribution in [2.45, 2.75) is 26.6 Å². The fraction of sp³-hybridized carbons (Fsp3) is 0.667. The van der Waals surface area contributed by atoms with E-state index >= 15 is 0 Å². The van der Waals surface area contributed by atoms with Gasteiger partial charge in [-0.15, -0.1) is 0 Å². The van der Waals surface area contributed by atoms with Crippen LogP contribution in [0.1, 0.15) is 41.2 Å². The summed E-state index contributed by atoms with van der Waals surface area (Å²) in [7, 11) is 0. The Balaban J connectivity index is 2.80. The minimum atomic E-state index is -3.33. The number of ether oxygens (including phenoxy) is 1. The van der Waals surface area contributed by atoms with E-state index in [1.54, 1.807) is 0 Å². The summed E-state index contributed by atoms with van der Waals surface area (Å²) in [4.78, 5) is 15.8. The maximum absolute atomic E-state index is 12.2. The molecule has 0 amide bonds. The molecule has 1 aliphatic heterocycles. The van der Waals surface area contributed by atoms with Crippen LogP contribution in [0.25, 0.3) is 0 Å². The Bertz CT molecular complexity index is 796. The van der Waals surface area contributed by atoms with Crippen LogP contribution in [0.2, 0.25) is 0 Å². The Morgan fingerprint density at radius 2 is 2.88 bits per heavy atom. The van der Waals surface area contributed by atoms with Gasteiger partial charge in [0, 0.05) is 37.1 Å². The summed E-state index contributed by atoms with van der Waals surface area (Å²) in [6, 6.07) is 0. The molecule has 0 aliphatic carbocycles. The molecule has 0 radical (unpaired) electrons. The summed E-state index contributed by atoms with van der Waals surface area (Å²) in [5, 5.41) is 0. The van der Waals surface area contributed by atoms with Crippen molar-refractivity contribution in [3.8, 4) is 0 Å². The predicted molar refractivity (Wildman–Crippen MR) is 59.9 cm³/mol. The fourth-order valence-corrected chi connectivity index (χ4v) is 1.27. The molecule has 2 rings (SSSR count). The monoisotopic (exact) mass is 234 g/mol. The number of carbonyl (C=O) groups excluding carboxylic acids is 1. The van der Waals surface area contributed by atoms with Crippen molar-refractivity contribution in [3.63, 3.8) is 0 Å². The summed E-state index contributed by atoms with van der Waals surface area (Å²) in [5.74, 6) is -6.99. The zero-order chi connectivity index (χ0) is 22.1. The minimum absolute atomic E-state index is 0.286. The highest BCUT2D eigenvalue weighted by Crippen LogP contribution is 2.28. The molecule has 88 valence electrons. The smallest absolute Gasteiger partial charge is 0.309 e. The maximum Gasteiger partial charge on any atom is 0.309 e. The van der Waals surface area contributed by atoms with Gasteiger partial charge in [-0.2, -0.15) is 0 Å². The van der Waals surface area contributed by atoms with Crippen LogP contribution in [-0.2, 0) is 22.9 Å². The van der Waals surface area contributed by atoms with Gasteiger partial charge in [-0.1, -0.05) is 6.85 Å². The summed E-state index contributed by atoms with van der Waals surface area (Å²) in [6.07, 6.45) is -5.26. The number of imidazole rings is 1. The third-order valence-electron chi connectivity index (χ3n) is 2.22. The number of cyclic esters (lactones) is 1. The second-order valence-corrected chi connectivity index (χ2v) is 3.27. The Morgan fingerprint density at radius 3 is 3.62 bits per heavy atom. The van der Waals surface area contributed by atoms with Gasteiger partial charge in [0.05, 0.1) is 16.6 Å². The molecule has 0 saturated carbocycles. The molecule has 1 aromatic rings. The molecule has 1 fully saturated rings. The van der Waals surface area contributed by atoms with Gasteiger partial charge in [0.15, 0.2) is 0 Å². The highest BCUT2D eigenvalue weighted by Gasteiger charge is 2.35. The van der Waals surface area contributed by atoms with Crippen molar-refractivity contribution in [2.24, 2.45) is 18.8 Å². The lowest BCUT2D eigenvalue weighted by Gasteiger charge is -2.13. The normalized spacial score (nSPS) is 46.1. The quantitative estimate of drug-likeness (QED) is 0.744. The summed E-state index contributed by atoms with van der Waals surface area (Å²) in [5.41, 5.74) is -0.960. The number of nitrogens with zero attached hydrogens (tertiary/aromatic N) is 2. The molecule has 0 spiro atoms. The summed E-state index contributed by atoms with van der Waals surface area (Å²) >= 11 is 0. The van der Waals surface area contributed by atoms with Crippen LogP contribution in [0.3, 0.4) is 0 Å². The van der Waals surface area contributed by atoms with E-state index in [0.29, 0.717) is 4.57 Å². The lowest BCUT2D eigenvalue weighted by atomic mass is 9.89. The van der Waals surface area contributed by atoms with Gasteiger partial charge in [0.2, 0.25) is 0 Å². The second kappa shape index (κ2) is 4.28. The topological polar surface area (TPSA) is 44.1 Å². The minimum Gasteiger partial charge on any atom is -0.465 e. The molecule has 4 heteroatoms. The Labute approximate surface area is 112 Å². The number of rotatable bonds is 3. The highest BCUT2D eigenvalue weighted by molar-refractivity contribution is 5.74. The number of esters is 1. The number of hydrogen-bond donors (Lipinski definition) is 0. The average Bonchev–Trinajstić information content (AvgIpc) is 2.84. The number of aromatic nitrogens is 2. The first-order valence-corrected chi connectivity index (χ1v) is 4.57. The Hall–Kier alpha value is -1.32. The standard InChI is InChI=1S/C12H18N2O2/c1-4-11-9(7-16-12(11)15)5-10-6-13-8(2)14(10)3/h6,9,11H,4-5,7H2,1-3H3/t9-,11-/m0/s1/i1D3,3D3,5D2,6D,7D2,9D. The molecule has 0 N–H and O–H groups in total. The van der Waals surface area contributed by atoms with E-state index in [1.165, 1.54) is 6.92 Å². The Kier molecular flexibility index (Phi) is 0.958. The van der Waals surface area contributed by atoms with E-state index in [0.717, 1.165) is 0 Å². The summed E-state index contributed by atoms with van der Waals surface area (Å²) in [6.45, 7) is -7.96. The van der Waals surface area contributed by atoms with Crippen molar-refractivity contribution in [1.29, 1.82) is 0 Å². The van der Waals surface area contributed by atoms with Crippen LogP contribution >= 0.6 is 0 Å². The fourth-order valence-electron chi connectivity index (χ4n) is 1.27. The van der Waals surface area contributed by atoms with Crippen LogP contribution in [0.4, 0.5) is 0 Å². The summed E-state index contributed by atoms with van der Waals surface area (Å²) < 4.78 is 98.7. The first kappa shape index (κ1) is 3.59. The molecule has 4 nitrogen and oxygen atoms in total. The molecule has 2 heterocycles. The lowest BCUT2D eigenvalue weighted by Crippen LogP contribution is -2.18. The van der Waals surface area contributed by atoms with Crippen LogP contribution in [0, 0.1) is 18.7 Å². The average molecular weight is 234 g/mol. The zero-order valence-corrected chi connectivity index (χ0v) is 8.50. The molecule has 0 bridgehead atoms. The first-order chi connectivity index (χ1) is 12.3. The van der Waals surface area contributed by atoms with Crippen LogP contribution in [0.15, 0.2) is 6.17 Å². The van der Waals surface area contributed by atoms with Crippen molar-refractivity contribution < 1.29 is 26.0 Å².